The first kappa shape index (κ1) is 16.3. The van der Waals surface area contributed by atoms with Crippen LogP contribution in [0.15, 0.2) is 30.3 Å². The first-order chi connectivity index (χ1) is 12.0. The molecule has 6 nitrogen and oxygen atoms in total. The van der Waals surface area contributed by atoms with Crippen molar-refractivity contribution in [1.29, 1.82) is 0 Å². The van der Waals surface area contributed by atoms with Crippen LogP contribution in [0.2, 0.25) is 0 Å². The first-order valence-electron chi connectivity index (χ1n) is 9.03. The lowest BCUT2D eigenvalue weighted by molar-refractivity contribution is -0.147. The van der Waals surface area contributed by atoms with Gasteiger partial charge in [-0.1, -0.05) is 44.2 Å². The van der Waals surface area contributed by atoms with Crippen LogP contribution in [0.4, 0.5) is 0 Å². The van der Waals surface area contributed by atoms with Crippen LogP contribution in [0.3, 0.4) is 0 Å². The number of aliphatic hydroxyl groups excluding tert-OH is 1. The maximum absolute atomic E-state index is 12.9. The highest BCUT2D eigenvalue weighted by Gasteiger charge is 2.42. The van der Waals surface area contributed by atoms with Crippen LogP contribution >= 0.6 is 0 Å². The highest BCUT2D eigenvalue weighted by Crippen LogP contribution is 2.37. The Morgan fingerprint density at radius 3 is 2.56 bits per heavy atom. The lowest BCUT2D eigenvalue weighted by atomic mass is 9.80. The Balaban J connectivity index is 1.65. The van der Waals surface area contributed by atoms with E-state index in [2.05, 4.69) is 18.9 Å². The number of carbonyl (C=O) groups excluding carboxylic acids is 1. The van der Waals surface area contributed by atoms with Gasteiger partial charge < -0.3 is 10.0 Å². The molecule has 0 bridgehead atoms. The third-order valence-corrected chi connectivity index (χ3v) is 5.26. The Morgan fingerprint density at radius 2 is 1.92 bits per heavy atom. The summed E-state index contributed by atoms with van der Waals surface area (Å²) in [5.41, 5.74) is 0.992. The van der Waals surface area contributed by atoms with E-state index < -0.39 is 0 Å². The highest BCUT2D eigenvalue weighted by atomic mass is 16.3. The molecule has 1 saturated carbocycles. The SMILES string of the molecule is CC(C)[C@H]1c2nc(-c3ccccc3)nn2CCN1C(=O)C1CC(O)C1. The zero-order valence-corrected chi connectivity index (χ0v) is 14.7. The highest BCUT2D eigenvalue weighted by molar-refractivity contribution is 5.80. The van der Waals surface area contributed by atoms with Crippen molar-refractivity contribution in [2.45, 2.75) is 45.4 Å². The molecule has 1 aliphatic carbocycles. The summed E-state index contributed by atoms with van der Waals surface area (Å²) in [4.78, 5) is 19.6. The molecule has 1 aromatic heterocycles. The predicted molar refractivity (Wildman–Crippen MR) is 93.5 cm³/mol. The maximum Gasteiger partial charge on any atom is 0.226 e. The van der Waals surface area contributed by atoms with Gasteiger partial charge in [-0.2, -0.15) is 5.10 Å². The number of fused-ring (bicyclic) bond motifs is 1. The number of aromatic nitrogens is 3. The second-order valence-electron chi connectivity index (χ2n) is 7.43. The molecule has 2 heterocycles. The van der Waals surface area contributed by atoms with E-state index in [1.54, 1.807) is 0 Å². The van der Waals surface area contributed by atoms with Gasteiger partial charge in [-0.25, -0.2) is 9.67 Å². The Morgan fingerprint density at radius 1 is 1.20 bits per heavy atom. The minimum atomic E-state index is -0.315. The average molecular weight is 340 g/mol. The van der Waals surface area contributed by atoms with Gasteiger partial charge in [0.15, 0.2) is 11.6 Å². The minimum Gasteiger partial charge on any atom is -0.393 e. The van der Waals surface area contributed by atoms with Crippen LogP contribution in [-0.2, 0) is 11.3 Å². The largest absolute Gasteiger partial charge is 0.393 e. The number of nitrogens with zero attached hydrogens (tertiary/aromatic N) is 4. The van der Waals surface area contributed by atoms with Crippen molar-refractivity contribution in [3.63, 3.8) is 0 Å². The molecule has 1 amide bonds. The van der Waals surface area contributed by atoms with Crippen molar-refractivity contribution in [3.8, 4) is 11.4 Å². The van der Waals surface area contributed by atoms with Crippen LogP contribution < -0.4 is 0 Å². The normalized spacial score (nSPS) is 25.6. The van der Waals surface area contributed by atoms with Gasteiger partial charge in [0.25, 0.3) is 0 Å². The van der Waals surface area contributed by atoms with E-state index in [1.165, 1.54) is 0 Å². The Labute approximate surface area is 147 Å². The zero-order chi connectivity index (χ0) is 17.6. The summed E-state index contributed by atoms with van der Waals surface area (Å²) in [6.45, 7) is 5.55. The quantitative estimate of drug-likeness (QED) is 0.930. The van der Waals surface area contributed by atoms with Crippen LogP contribution in [0.1, 0.15) is 38.6 Å². The van der Waals surface area contributed by atoms with Gasteiger partial charge in [0.2, 0.25) is 5.91 Å². The molecule has 0 spiro atoms. The summed E-state index contributed by atoms with van der Waals surface area (Å²) in [5.74, 6) is 1.95. The van der Waals surface area contributed by atoms with Gasteiger partial charge in [-0.15, -0.1) is 0 Å². The van der Waals surface area contributed by atoms with E-state index in [-0.39, 0.29) is 29.9 Å². The van der Waals surface area contributed by atoms with Crippen LogP contribution in [0.5, 0.6) is 0 Å². The molecule has 1 aromatic carbocycles. The molecule has 1 N–H and O–H groups in total. The van der Waals surface area contributed by atoms with E-state index in [0.717, 1.165) is 17.2 Å². The molecule has 2 aliphatic rings. The number of amides is 1. The molecule has 0 radical (unpaired) electrons. The number of hydrogen-bond donors (Lipinski definition) is 1. The Hall–Kier alpha value is -2.21. The standard InChI is InChI=1S/C19H24N4O2/c1-12(2)16-18-20-17(13-6-4-3-5-7-13)21-23(18)9-8-22(16)19(25)14-10-15(24)11-14/h3-7,12,14-16,24H,8-11H2,1-2H3/t14?,15?,16-/m0/s1. The van der Waals surface area contributed by atoms with Crippen LogP contribution in [-0.4, -0.2) is 43.3 Å². The topological polar surface area (TPSA) is 71.2 Å². The second kappa shape index (κ2) is 6.26. The van der Waals surface area contributed by atoms with Gasteiger partial charge in [-0.3, -0.25) is 4.79 Å². The maximum atomic E-state index is 12.9. The molecule has 132 valence electrons. The second-order valence-corrected chi connectivity index (χ2v) is 7.43. The monoisotopic (exact) mass is 340 g/mol. The molecule has 6 heteroatoms. The van der Waals surface area contributed by atoms with E-state index in [0.29, 0.717) is 25.9 Å². The van der Waals surface area contributed by atoms with Gasteiger partial charge >= 0.3 is 0 Å². The van der Waals surface area contributed by atoms with E-state index in [1.807, 2.05) is 39.9 Å². The molecule has 1 atom stereocenters. The Bertz CT molecular complexity index is 765. The number of carbonyl (C=O) groups is 1. The summed E-state index contributed by atoms with van der Waals surface area (Å²) < 4.78 is 1.95. The minimum absolute atomic E-state index is 0.0423. The van der Waals surface area contributed by atoms with Crippen molar-refractivity contribution >= 4 is 5.91 Å². The van der Waals surface area contributed by atoms with Crippen molar-refractivity contribution < 1.29 is 9.90 Å². The molecule has 1 fully saturated rings. The van der Waals surface area contributed by atoms with E-state index in [9.17, 15) is 9.90 Å². The lowest BCUT2D eigenvalue weighted by Crippen LogP contribution is -2.50. The van der Waals surface area contributed by atoms with Crippen LogP contribution in [0, 0.1) is 11.8 Å². The average Bonchev–Trinajstić information content (AvgIpc) is 3.02. The number of hydrogen-bond acceptors (Lipinski definition) is 4. The van der Waals surface area contributed by atoms with Crippen LogP contribution in [0.25, 0.3) is 11.4 Å². The molecule has 1 aliphatic heterocycles. The fourth-order valence-electron chi connectivity index (χ4n) is 3.86. The number of aliphatic hydroxyl groups is 1. The number of benzene rings is 1. The van der Waals surface area contributed by atoms with Crippen molar-refractivity contribution in [2.24, 2.45) is 11.8 Å². The molecule has 0 unspecified atom stereocenters. The third-order valence-electron chi connectivity index (χ3n) is 5.26. The van der Waals surface area contributed by atoms with Crippen molar-refractivity contribution in [1.82, 2.24) is 19.7 Å². The summed E-state index contributed by atoms with van der Waals surface area (Å²) >= 11 is 0. The van der Waals surface area contributed by atoms with Gasteiger partial charge in [0.05, 0.1) is 18.7 Å². The van der Waals surface area contributed by atoms with Gasteiger partial charge in [0.1, 0.15) is 0 Å². The van der Waals surface area contributed by atoms with Crippen molar-refractivity contribution in [2.75, 3.05) is 6.54 Å². The smallest absolute Gasteiger partial charge is 0.226 e. The summed E-state index contributed by atoms with van der Waals surface area (Å²) in [5, 5.41) is 14.2. The first-order valence-corrected chi connectivity index (χ1v) is 9.03. The summed E-state index contributed by atoms with van der Waals surface area (Å²) in [6.07, 6.45) is 0.856. The Kier molecular flexibility index (Phi) is 4.07. The van der Waals surface area contributed by atoms with Crippen molar-refractivity contribution in [3.05, 3.63) is 36.2 Å². The molecule has 2 aromatic rings. The summed E-state index contributed by atoms with van der Waals surface area (Å²) in [7, 11) is 0. The molecule has 25 heavy (non-hydrogen) atoms. The molecular formula is C19H24N4O2. The van der Waals surface area contributed by atoms with Gasteiger partial charge in [-0.05, 0) is 18.8 Å². The fourth-order valence-corrected chi connectivity index (χ4v) is 3.86. The third kappa shape index (κ3) is 2.84. The zero-order valence-electron chi connectivity index (χ0n) is 14.7. The molecule has 0 saturated heterocycles. The van der Waals surface area contributed by atoms with Gasteiger partial charge in [0, 0.05) is 18.0 Å². The summed E-state index contributed by atoms with van der Waals surface area (Å²) in [6, 6.07) is 9.88. The molecule has 4 rings (SSSR count). The fraction of sp³-hybridized carbons (Fsp3) is 0.526. The predicted octanol–water partition coefficient (Wildman–Crippen LogP) is 2.26. The lowest BCUT2D eigenvalue weighted by Gasteiger charge is -2.42. The number of rotatable bonds is 3. The molecular weight excluding hydrogens is 316 g/mol. The van der Waals surface area contributed by atoms with E-state index in [4.69, 9.17) is 4.98 Å². The van der Waals surface area contributed by atoms with E-state index >= 15 is 0 Å².